The van der Waals surface area contributed by atoms with E-state index in [0.717, 1.165) is 33.5 Å². The summed E-state index contributed by atoms with van der Waals surface area (Å²) in [4.78, 5) is 11.1. The lowest BCUT2D eigenvalue weighted by atomic mass is 10.1. The number of halogens is 1. The molecule has 0 spiro atoms. The van der Waals surface area contributed by atoms with E-state index in [1.165, 1.54) is 0 Å². The predicted octanol–water partition coefficient (Wildman–Crippen LogP) is 4.42. The van der Waals surface area contributed by atoms with Gasteiger partial charge in [-0.05, 0) is 31.0 Å². The van der Waals surface area contributed by atoms with Crippen LogP contribution in [0.4, 0.5) is 0 Å². The molecule has 31 heavy (non-hydrogen) atoms. The van der Waals surface area contributed by atoms with Crippen LogP contribution < -0.4 is 14.8 Å². The number of nitrogens with one attached hydrogen (secondary N) is 1. The molecule has 0 fully saturated rings. The molecule has 1 aromatic heterocycles. The number of thiazole rings is 1. The van der Waals surface area contributed by atoms with Gasteiger partial charge in [0.05, 0.1) is 26.5 Å². The summed E-state index contributed by atoms with van der Waals surface area (Å²) in [6, 6.07) is 4.08. The number of benzene rings is 1. The first-order valence-corrected chi connectivity index (χ1v) is 10.6. The summed E-state index contributed by atoms with van der Waals surface area (Å²) < 4.78 is 16.4. The average molecular weight is 561 g/mol. The Morgan fingerprint density at radius 1 is 1.32 bits per heavy atom. The molecule has 0 radical (unpaired) electrons. The zero-order valence-corrected chi connectivity index (χ0v) is 22.2. The number of methoxy groups -OCH3 is 3. The van der Waals surface area contributed by atoms with E-state index in [0.29, 0.717) is 25.3 Å². The SMILES string of the molecule is C=CCc1cc(CNC(=NC)N(C)Cc2csc(C(C)OC)n2)cc(OC)c1OC.I. The maximum Gasteiger partial charge on any atom is 0.194 e. The standard InChI is InChI=1S/C22H32N4O3S.HI/c1-8-9-17-10-16(11-19(28-6)20(17)29-7)12-24-22(23-3)26(4)13-18-14-30-21(25-18)15(2)27-5;/h8,10-11,14-15H,1,9,12-13H2,2-7H3,(H,23,24);1H. The van der Waals surface area contributed by atoms with Crippen molar-refractivity contribution in [3.05, 3.63) is 52.0 Å². The molecule has 7 nitrogen and oxygen atoms in total. The zero-order chi connectivity index (χ0) is 22.1. The Labute approximate surface area is 206 Å². The second kappa shape index (κ2) is 13.5. The molecule has 0 saturated heterocycles. The van der Waals surface area contributed by atoms with E-state index in [1.807, 2.05) is 31.0 Å². The van der Waals surface area contributed by atoms with Gasteiger partial charge >= 0.3 is 0 Å². The Hall–Kier alpha value is -1.85. The highest BCUT2D eigenvalue weighted by atomic mass is 127. The quantitative estimate of drug-likeness (QED) is 0.201. The minimum absolute atomic E-state index is 0. The highest BCUT2D eigenvalue weighted by molar-refractivity contribution is 14.0. The van der Waals surface area contributed by atoms with Crippen LogP contribution in [-0.4, -0.2) is 51.3 Å². The molecule has 1 N–H and O–H groups in total. The molecule has 9 heteroatoms. The van der Waals surface area contributed by atoms with Crippen LogP contribution in [0.5, 0.6) is 11.5 Å². The third-order valence-electron chi connectivity index (χ3n) is 4.67. The molecule has 0 saturated carbocycles. The summed E-state index contributed by atoms with van der Waals surface area (Å²) in [5.74, 6) is 2.23. The zero-order valence-electron chi connectivity index (χ0n) is 19.1. The fraction of sp³-hybridized carbons (Fsp3) is 0.455. The number of aromatic nitrogens is 1. The Kier molecular flexibility index (Phi) is 11.9. The maximum atomic E-state index is 5.51. The van der Waals surface area contributed by atoms with Gasteiger partial charge in [0.1, 0.15) is 11.1 Å². The highest BCUT2D eigenvalue weighted by Gasteiger charge is 2.14. The second-order valence-corrected chi connectivity index (χ2v) is 7.68. The number of ether oxygens (including phenoxy) is 3. The summed E-state index contributed by atoms with van der Waals surface area (Å²) in [7, 11) is 8.75. The third-order valence-corrected chi connectivity index (χ3v) is 5.73. The number of hydrogen-bond acceptors (Lipinski definition) is 6. The summed E-state index contributed by atoms with van der Waals surface area (Å²) in [5.41, 5.74) is 3.10. The minimum Gasteiger partial charge on any atom is -0.493 e. The largest absolute Gasteiger partial charge is 0.493 e. The maximum absolute atomic E-state index is 5.51. The molecule has 0 amide bonds. The van der Waals surface area contributed by atoms with Crippen molar-refractivity contribution in [2.24, 2.45) is 4.99 Å². The van der Waals surface area contributed by atoms with Crippen molar-refractivity contribution in [2.45, 2.75) is 32.5 Å². The van der Waals surface area contributed by atoms with Crippen molar-refractivity contribution in [2.75, 3.05) is 35.4 Å². The first-order valence-electron chi connectivity index (χ1n) is 9.70. The molecule has 1 heterocycles. The van der Waals surface area contributed by atoms with Crippen LogP contribution in [0, 0.1) is 0 Å². The smallest absolute Gasteiger partial charge is 0.194 e. The van der Waals surface area contributed by atoms with E-state index < -0.39 is 0 Å². The number of rotatable bonds is 10. The molecule has 1 unspecified atom stereocenters. The Morgan fingerprint density at radius 3 is 2.65 bits per heavy atom. The number of guanidine groups is 1. The van der Waals surface area contributed by atoms with Crippen LogP contribution in [0.1, 0.15) is 34.9 Å². The Bertz CT molecular complexity index is 872. The number of aliphatic imine (C=N–C) groups is 1. The summed E-state index contributed by atoms with van der Waals surface area (Å²) >= 11 is 1.61. The van der Waals surface area contributed by atoms with E-state index in [9.17, 15) is 0 Å². The van der Waals surface area contributed by atoms with Crippen LogP contribution in [0.25, 0.3) is 0 Å². The molecule has 1 aromatic carbocycles. The van der Waals surface area contributed by atoms with Gasteiger partial charge in [0.25, 0.3) is 0 Å². The monoisotopic (exact) mass is 560 g/mol. The van der Waals surface area contributed by atoms with Crippen molar-refractivity contribution in [3.63, 3.8) is 0 Å². The lowest BCUT2D eigenvalue weighted by molar-refractivity contribution is 0.119. The van der Waals surface area contributed by atoms with Gasteiger partial charge in [-0.3, -0.25) is 4.99 Å². The minimum atomic E-state index is 0. The summed E-state index contributed by atoms with van der Waals surface area (Å²) in [5, 5.41) is 6.45. The topological polar surface area (TPSA) is 68.2 Å². The lowest BCUT2D eigenvalue weighted by Gasteiger charge is -2.22. The van der Waals surface area contributed by atoms with E-state index in [-0.39, 0.29) is 30.1 Å². The molecule has 2 rings (SSSR count). The number of hydrogen-bond donors (Lipinski definition) is 1. The van der Waals surface area contributed by atoms with Gasteiger partial charge < -0.3 is 24.4 Å². The fourth-order valence-electron chi connectivity index (χ4n) is 3.08. The van der Waals surface area contributed by atoms with Gasteiger partial charge in [0, 0.05) is 38.7 Å². The van der Waals surface area contributed by atoms with E-state index in [4.69, 9.17) is 14.2 Å². The van der Waals surface area contributed by atoms with E-state index in [2.05, 4.69) is 33.3 Å². The van der Waals surface area contributed by atoms with Crippen LogP contribution >= 0.6 is 35.3 Å². The highest BCUT2D eigenvalue weighted by Crippen LogP contribution is 2.33. The molecule has 0 aliphatic heterocycles. The summed E-state index contributed by atoms with van der Waals surface area (Å²) in [6.07, 6.45) is 2.56. The molecular weight excluding hydrogens is 527 g/mol. The molecule has 0 aliphatic carbocycles. The van der Waals surface area contributed by atoms with Gasteiger partial charge in [-0.1, -0.05) is 6.08 Å². The molecule has 172 valence electrons. The van der Waals surface area contributed by atoms with Crippen molar-refractivity contribution < 1.29 is 14.2 Å². The number of nitrogens with zero attached hydrogens (tertiary/aromatic N) is 3. The van der Waals surface area contributed by atoms with Gasteiger partial charge in [0.15, 0.2) is 17.5 Å². The van der Waals surface area contributed by atoms with Gasteiger partial charge in [-0.15, -0.1) is 41.9 Å². The molecule has 0 bridgehead atoms. The fourth-order valence-corrected chi connectivity index (χ4v) is 3.92. The van der Waals surface area contributed by atoms with E-state index in [1.54, 1.807) is 39.7 Å². The lowest BCUT2D eigenvalue weighted by Crippen LogP contribution is -2.38. The van der Waals surface area contributed by atoms with Gasteiger partial charge in [0.2, 0.25) is 0 Å². The normalized spacial score (nSPS) is 12.0. The average Bonchev–Trinajstić information content (AvgIpc) is 3.21. The molecule has 2 aromatic rings. The predicted molar refractivity (Wildman–Crippen MR) is 138 cm³/mol. The molecule has 1 atom stereocenters. The van der Waals surface area contributed by atoms with Crippen molar-refractivity contribution >= 4 is 41.3 Å². The van der Waals surface area contributed by atoms with E-state index >= 15 is 0 Å². The first kappa shape index (κ1) is 27.2. The van der Waals surface area contributed by atoms with Crippen molar-refractivity contribution in [1.29, 1.82) is 0 Å². The van der Waals surface area contributed by atoms with Crippen LogP contribution in [0.2, 0.25) is 0 Å². The molecular formula is C22H33IN4O3S. The van der Waals surface area contributed by atoms with Crippen molar-refractivity contribution in [1.82, 2.24) is 15.2 Å². The Morgan fingerprint density at radius 2 is 2.06 bits per heavy atom. The van der Waals surface area contributed by atoms with Crippen LogP contribution in [0.3, 0.4) is 0 Å². The van der Waals surface area contributed by atoms with Crippen molar-refractivity contribution in [3.8, 4) is 11.5 Å². The van der Waals surface area contributed by atoms with Gasteiger partial charge in [-0.25, -0.2) is 4.98 Å². The third kappa shape index (κ3) is 7.36. The van der Waals surface area contributed by atoms with Crippen LogP contribution in [-0.2, 0) is 24.2 Å². The first-order chi connectivity index (χ1) is 14.5. The van der Waals surface area contributed by atoms with Gasteiger partial charge in [-0.2, -0.15) is 0 Å². The number of allylic oxidation sites excluding steroid dienone is 1. The van der Waals surface area contributed by atoms with Crippen LogP contribution in [0.15, 0.2) is 35.2 Å². The Balaban J connectivity index is 0.00000480. The second-order valence-electron chi connectivity index (χ2n) is 6.80. The summed E-state index contributed by atoms with van der Waals surface area (Å²) in [6.45, 7) is 7.09. The molecule has 0 aliphatic rings.